The molecular weight excluding hydrogens is 417 g/mol. The lowest BCUT2D eigenvalue weighted by Gasteiger charge is -2.08. The number of methoxy groups -OCH3 is 1. The second-order valence-electron chi connectivity index (χ2n) is 6.88. The molecule has 0 spiro atoms. The third-order valence-electron chi connectivity index (χ3n) is 4.80. The average molecular weight is 435 g/mol. The third-order valence-corrected chi connectivity index (χ3v) is 4.80. The number of nitrogens with zero attached hydrogens (tertiary/aromatic N) is 4. The predicted molar refractivity (Wildman–Crippen MR) is 114 cm³/mol. The van der Waals surface area contributed by atoms with E-state index in [4.69, 9.17) is 0 Å². The van der Waals surface area contributed by atoms with Crippen molar-refractivity contribution in [2.45, 2.75) is 13.0 Å². The van der Waals surface area contributed by atoms with Crippen LogP contribution < -0.4 is 10.9 Å². The monoisotopic (exact) mass is 435 g/mol. The van der Waals surface area contributed by atoms with Crippen molar-refractivity contribution in [1.82, 2.24) is 19.3 Å². The summed E-state index contributed by atoms with van der Waals surface area (Å²) in [6, 6.07) is 11.9. The van der Waals surface area contributed by atoms with Gasteiger partial charge < -0.3 is 10.1 Å². The van der Waals surface area contributed by atoms with Gasteiger partial charge in [-0.15, -0.1) is 0 Å². The fourth-order valence-electron chi connectivity index (χ4n) is 3.13. The summed E-state index contributed by atoms with van der Waals surface area (Å²) in [4.78, 5) is 40.8. The first kappa shape index (κ1) is 20.9. The highest BCUT2D eigenvalue weighted by atomic mass is 19.1. The van der Waals surface area contributed by atoms with Gasteiger partial charge in [-0.2, -0.15) is 5.10 Å². The number of hydrogen-bond acceptors (Lipinski definition) is 6. The van der Waals surface area contributed by atoms with Gasteiger partial charge in [0.1, 0.15) is 11.2 Å². The molecule has 32 heavy (non-hydrogen) atoms. The smallest absolute Gasteiger partial charge is 0.337 e. The van der Waals surface area contributed by atoms with Crippen LogP contribution in [0.25, 0.3) is 16.7 Å². The lowest BCUT2D eigenvalue weighted by atomic mass is 10.2. The highest BCUT2D eigenvalue weighted by molar-refractivity contribution is 5.93. The molecule has 0 unspecified atom stereocenters. The molecule has 0 saturated carbocycles. The van der Waals surface area contributed by atoms with Crippen LogP contribution in [0.3, 0.4) is 0 Å². The summed E-state index contributed by atoms with van der Waals surface area (Å²) in [6.45, 7) is 0.121. The Labute approximate surface area is 181 Å². The number of anilines is 1. The van der Waals surface area contributed by atoms with Crippen LogP contribution in [-0.4, -0.2) is 38.3 Å². The molecule has 0 fully saturated rings. The van der Waals surface area contributed by atoms with Crippen LogP contribution >= 0.6 is 0 Å². The fraction of sp³-hybridized carbons (Fsp3) is 0.136. The van der Waals surface area contributed by atoms with E-state index in [1.54, 1.807) is 24.3 Å². The molecule has 2 heterocycles. The molecule has 0 aliphatic heterocycles. The summed E-state index contributed by atoms with van der Waals surface area (Å²) in [6.07, 6.45) is 2.79. The zero-order chi connectivity index (χ0) is 22.7. The Hall–Kier alpha value is -4.34. The molecule has 162 valence electrons. The van der Waals surface area contributed by atoms with E-state index in [0.29, 0.717) is 22.6 Å². The first-order valence-corrected chi connectivity index (χ1v) is 9.63. The number of aryl methyl sites for hydroxylation is 1. The summed E-state index contributed by atoms with van der Waals surface area (Å²) in [5.41, 5.74) is 1.47. The van der Waals surface area contributed by atoms with Crippen LogP contribution in [0.1, 0.15) is 16.8 Å². The Bertz CT molecular complexity index is 1340. The van der Waals surface area contributed by atoms with Crippen LogP contribution in [0.5, 0.6) is 0 Å². The van der Waals surface area contributed by atoms with E-state index >= 15 is 0 Å². The predicted octanol–water partition coefficient (Wildman–Crippen LogP) is 2.54. The number of rotatable bonds is 6. The van der Waals surface area contributed by atoms with Crippen molar-refractivity contribution in [2.24, 2.45) is 0 Å². The van der Waals surface area contributed by atoms with Gasteiger partial charge in [-0.1, -0.05) is 0 Å². The minimum Gasteiger partial charge on any atom is -0.465 e. The van der Waals surface area contributed by atoms with Crippen molar-refractivity contribution in [3.05, 3.63) is 82.8 Å². The highest BCUT2D eigenvalue weighted by Gasteiger charge is 2.13. The Balaban J connectivity index is 1.45. The maximum Gasteiger partial charge on any atom is 0.337 e. The van der Waals surface area contributed by atoms with Crippen molar-refractivity contribution in [3.63, 3.8) is 0 Å². The molecule has 9 nitrogen and oxygen atoms in total. The van der Waals surface area contributed by atoms with E-state index in [1.807, 2.05) is 0 Å². The molecule has 4 aromatic rings. The van der Waals surface area contributed by atoms with E-state index in [-0.39, 0.29) is 35.6 Å². The number of aromatic nitrogens is 4. The number of ether oxygens (including phenoxy) is 1. The topological polar surface area (TPSA) is 108 Å². The number of carbonyl (C=O) groups is 2. The number of carbonyl (C=O) groups excluding carboxylic acids is 2. The summed E-state index contributed by atoms with van der Waals surface area (Å²) in [5, 5.41) is 7.18. The Morgan fingerprint density at radius 1 is 1.09 bits per heavy atom. The maximum atomic E-state index is 13.2. The summed E-state index contributed by atoms with van der Waals surface area (Å²) >= 11 is 0. The second-order valence-corrected chi connectivity index (χ2v) is 6.88. The minimum atomic E-state index is -0.465. The van der Waals surface area contributed by atoms with Crippen LogP contribution in [0.4, 0.5) is 10.1 Å². The van der Waals surface area contributed by atoms with Crippen molar-refractivity contribution in [3.8, 4) is 5.69 Å². The molecule has 0 bridgehead atoms. The van der Waals surface area contributed by atoms with Crippen LogP contribution in [0.2, 0.25) is 0 Å². The van der Waals surface area contributed by atoms with E-state index in [1.165, 1.54) is 53.1 Å². The van der Waals surface area contributed by atoms with Crippen molar-refractivity contribution in [1.29, 1.82) is 0 Å². The van der Waals surface area contributed by atoms with Gasteiger partial charge in [0.25, 0.3) is 5.56 Å². The standard InChI is InChI=1S/C22H18FN5O4/c1-32-22(31)14-2-6-16(7-3-14)26-19(29)10-11-27-13-24-20-18(21(27)30)12-25-28(20)17-8-4-15(23)5-9-17/h2-9,12-13H,10-11H2,1H3,(H,26,29). The molecule has 1 N–H and O–H groups in total. The molecule has 0 radical (unpaired) electrons. The number of benzene rings is 2. The van der Waals surface area contributed by atoms with Gasteiger partial charge in [0, 0.05) is 18.7 Å². The van der Waals surface area contributed by atoms with E-state index in [0.717, 1.165) is 0 Å². The first-order valence-electron chi connectivity index (χ1n) is 9.63. The second kappa shape index (κ2) is 8.80. The lowest BCUT2D eigenvalue weighted by molar-refractivity contribution is -0.116. The van der Waals surface area contributed by atoms with Crippen molar-refractivity contribution >= 4 is 28.6 Å². The van der Waals surface area contributed by atoms with Gasteiger partial charge in [0.2, 0.25) is 5.91 Å². The number of nitrogens with one attached hydrogen (secondary N) is 1. The SMILES string of the molecule is COC(=O)c1ccc(NC(=O)CCn2cnc3c(cnn3-c3ccc(F)cc3)c2=O)cc1. The van der Waals surface area contributed by atoms with Crippen LogP contribution in [0.15, 0.2) is 65.8 Å². The van der Waals surface area contributed by atoms with Gasteiger partial charge in [-0.3, -0.25) is 14.2 Å². The zero-order valence-corrected chi connectivity index (χ0v) is 17.0. The number of amides is 1. The van der Waals surface area contributed by atoms with Gasteiger partial charge in [-0.25, -0.2) is 18.9 Å². The Morgan fingerprint density at radius 2 is 1.81 bits per heavy atom. The van der Waals surface area contributed by atoms with Crippen LogP contribution in [-0.2, 0) is 16.1 Å². The van der Waals surface area contributed by atoms with Gasteiger partial charge in [0.05, 0.1) is 30.9 Å². The number of fused-ring (bicyclic) bond motifs is 1. The summed E-state index contributed by atoms with van der Waals surface area (Å²) in [7, 11) is 1.29. The molecule has 2 aromatic carbocycles. The molecular formula is C22H18FN5O4. The van der Waals surface area contributed by atoms with Gasteiger partial charge in [-0.05, 0) is 48.5 Å². The first-order chi connectivity index (χ1) is 15.5. The van der Waals surface area contributed by atoms with E-state index in [2.05, 4.69) is 20.1 Å². The minimum absolute atomic E-state index is 0.0396. The molecule has 0 aliphatic carbocycles. The third kappa shape index (κ3) is 4.24. The lowest BCUT2D eigenvalue weighted by Crippen LogP contribution is -2.23. The fourth-order valence-corrected chi connectivity index (χ4v) is 3.13. The Kier molecular flexibility index (Phi) is 5.75. The normalized spacial score (nSPS) is 10.8. The maximum absolute atomic E-state index is 13.2. The molecule has 0 saturated heterocycles. The molecule has 10 heteroatoms. The van der Waals surface area contributed by atoms with Gasteiger partial charge in [0.15, 0.2) is 5.65 Å². The highest BCUT2D eigenvalue weighted by Crippen LogP contribution is 2.14. The number of hydrogen-bond donors (Lipinski definition) is 1. The average Bonchev–Trinajstić information content (AvgIpc) is 3.24. The van der Waals surface area contributed by atoms with Gasteiger partial charge >= 0.3 is 5.97 Å². The largest absolute Gasteiger partial charge is 0.465 e. The molecule has 0 atom stereocenters. The van der Waals surface area contributed by atoms with Crippen molar-refractivity contribution in [2.75, 3.05) is 12.4 Å². The summed E-state index contributed by atoms with van der Waals surface area (Å²) in [5.74, 6) is -1.14. The quantitative estimate of drug-likeness (QED) is 0.467. The Morgan fingerprint density at radius 3 is 2.50 bits per heavy atom. The van der Waals surface area contributed by atoms with Crippen molar-refractivity contribution < 1.29 is 18.7 Å². The van der Waals surface area contributed by atoms with Crippen LogP contribution in [0, 0.1) is 5.82 Å². The molecule has 2 aromatic heterocycles. The molecule has 1 amide bonds. The number of halogens is 1. The molecule has 4 rings (SSSR count). The molecule has 0 aliphatic rings. The van der Waals surface area contributed by atoms with E-state index in [9.17, 15) is 18.8 Å². The summed E-state index contributed by atoms with van der Waals surface area (Å²) < 4.78 is 20.6. The zero-order valence-electron chi connectivity index (χ0n) is 17.0. The number of esters is 1. The van der Waals surface area contributed by atoms with E-state index < -0.39 is 5.97 Å².